The van der Waals surface area contributed by atoms with Gasteiger partial charge in [0.1, 0.15) is 11.2 Å². The zero-order chi connectivity index (χ0) is 36.9. The molecule has 0 N–H and O–H groups in total. The van der Waals surface area contributed by atoms with Crippen LogP contribution in [-0.4, -0.2) is 4.57 Å². The van der Waals surface area contributed by atoms with E-state index < -0.39 is 0 Å². The van der Waals surface area contributed by atoms with Crippen LogP contribution in [0.3, 0.4) is 0 Å². The quantitative estimate of drug-likeness (QED) is 0.172. The second-order valence-electron chi connectivity index (χ2n) is 16.2. The van der Waals surface area contributed by atoms with Gasteiger partial charge in [-0.2, -0.15) is 0 Å². The van der Waals surface area contributed by atoms with Crippen molar-refractivity contribution in [3.05, 3.63) is 179 Å². The summed E-state index contributed by atoms with van der Waals surface area (Å²) in [7, 11) is 0. The van der Waals surface area contributed by atoms with Crippen LogP contribution in [0.1, 0.15) is 51.3 Å². The maximum Gasteiger partial charge on any atom is 0.200 e. The fourth-order valence-corrected chi connectivity index (χ4v) is 8.65. The summed E-state index contributed by atoms with van der Waals surface area (Å²) < 4.78 is 8.76. The molecule has 1 aliphatic heterocycles. The summed E-state index contributed by atoms with van der Waals surface area (Å²) in [6.45, 7) is 11.2. The zero-order valence-corrected chi connectivity index (χ0v) is 31.1. The van der Waals surface area contributed by atoms with E-state index >= 15 is 0 Å². The lowest BCUT2D eigenvalue weighted by Crippen LogP contribution is -2.31. The number of nitrogens with zero attached hydrogens (tertiary/aromatic N) is 2. The minimum absolute atomic E-state index is 0.00727. The Labute approximate surface area is 314 Å². The highest BCUT2D eigenvalue weighted by atomic mass is 16.3. The van der Waals surface area contributed by atoms with Crippen molar-refractivity contribution in [2.45, 2.75) is 45.4 Å². The van der Waals surface area contributed by atoms with E-state index in [2.05, 4.69) is 165 Å². The molecule has 9 aromatic rings. The van der Waals surface area contributed by atoms with Crippen molar-refractivity contribution in [3.63, 3.8) is 0 Å². The summed E-state index contributed by atoms with van der Waals surface area (Å²) >= 11 is 0. The topological polar surface area (TPSA) is 38.4 Å². The van der Waals surface area contributed by atoms with Crippen molar-refractivity contribution >= 4 is 60.8 Å². The van der Waals surface area contributed by atoms with Crippen LogP contribution >= 0.6 is 0 Å². The van der Waals surface area contributed by atoms with E-state index in [1.807, 2.05) is 30.3 Å². The Morgan fingerprint density at radius 3 is 2.06 bits per heavy atom. The molecule has 54 heavy (non-hydrogen) atoms. The molecule has 2 aromatic heterocycles. The molecule has 0 fully saturated rings. The molecule has 0 radical (unpaired) electrons. The van der Waals surface area contributed by atoms with Gasteiger partial charge in [0.05, 0.1) is 33.2 Å². The number of hydrogen-bond donors (Lipinski definition) is 0. The predicted molar refractivity (Wildman–Crippen MR) is 225 cm³/mol. The SMILES string of the molecule is CC(C)(C)c1ccc2c(=O)c3cc(-c4ccc(N5c6ccccc6C(C)(C)c6ccc7c8ccccc8n(-c8ccccc8)c7c65)cc4)ccc3oc2c1. The lowest BCUT2D eigenvalue weighted by Gasteiger charge is -2.42. The molecule has 0 unspecified atom stereocenters. The van der Waals surface area contributed by atoms with Crippen molar-refractivity contribution in [1.82, 2.24) is 4.57 Å². The number of aromatic nitrogens is 1. The molecule has 0 atom stereocenters. The normalized spacial score (nSPS) is 13.8. The molecule has 0 spiro atoms. The highest BCUT2D eigenvalue weighted by Gasteiger charge is 2.39. The van der Waals surface area contributed by atoms with Crippen molar-refractivity contribution in [1.29, 1.82) is 0 Å². The molecular formula is C50H40N2O2. The fourth-order valence-electron chi connectivity index (χ4n) is 8.65. The Balaban J connectivity index is 1.16. The smallest absolute Gasteiger partial charge is 0.200 e. The summed E-state index contributed by atoms with van der Waals surface area (Å²) in [6.07, 6.45) is 0. The first-order valence-electron chi connectivity index (χ1n) is 18.7. The van der Waals surface area contributed by atoms with Crippen LogP contribution < -0.4 is 10.3 Å². The molecule has 10 rings (SSSR count). The molecule has 4 heteroatoms. The fraction of sp³-hybridized carbons (Fsp3) is 0.140. The number of rotatable bonds is 3. The van der Waals surface area contributed by atoms with E-state index in [1.165, 1.54) is 44.3 Å². The molecule has 0 saturated heterocycles. The summed E-state index contributed by atoms with van der Waals surface area (Å²) in [6, 6.07) is 53.6. The van der Waals surface area contributed by atoms with Crippen molar-refractivity contribution in [3.8, 4) is 16.8 Å². The van der Waals surface area contributed by atoms with Crippen LogP contribution in [0, 0.1) is 0 Å². The van der Waals surface area contributed by atoms with Crippen LogP contribution in [0.15, 0.2) is 161 Å². The summed E-state index contributed by atoms with van der Waals surface area (Å²) in [5.41, 5.74) is 13.6. The molecule has 1 aliphatic rings. The first-order valence-corrected chi connectivity index (χ1v) is 18.7. The van der Waals surface area contributed by atoms with E-state index in [9.17, 15) is 4.79 Å². The second kappa shape index (κ2) is 11.6. The Hall–Kier alpha value is -6.39. The molecule has 262 valence electrons. The number of anilines is 3. The highest BCUT2D eigenvalue weighted by molar-refractivity contribution is 6.16. The molecular weight excluding hydrogens is 661 g/mol. The average Bonchev–Trinajstić information content (AvgIpc) is 3.53. The Morgan fingerprint density at radius 2 is 1.26 bits per heavy atom. The second-order valence-corrected chi connectivity index (χ2v) is 16.2. The van der Waals surface area contributed by atoms with Gasteiger partial charge in [-0.1, -0.05) is 126 Å². The predicted octanol–water partition coefficient (Wildman–Crippen LogP) is 13.1. The molecule has 0 aliphatic carbocycles. The first-order chi connectivity index (χ1) is 26.1. The largest absolute Gasteiger partial charge is 0.456 e. The van der Waals surface area contributed by atoms with Crippen molar-refractivity contribution < 1.29 is 4.42 Å². The van der Waals surface area contributed by atoms with E-state index in [0.29, 0.717) is 21.9 Å². The Kier molecular flexibility index (Phi) is 6.91. The molecule has 0 amide bonds. The van der Waals surface area contributed by atoms with Gasteiger partial charge in [-0.3, -0.25) is 4.79 Å². The molecule has 0 bridgehead atoms. The third kappa shape index (κ3) is 4.72. The van der Waals surface area contributed by atoms with Gasteiger partial charge in [0.2, 0.25) is 5.43 Å². The van der Waals surface area contributed by atoms with E-state index in [0.717, 1.165) is 28.1 Å². The van der Waals surface area contributed by atoms with Gasteiger partial charge in [-0.15, -0.1) is 0 Å². The third-order valence-corrected chi connectivity index (χ3v) is 11.5. The van der Waals surface area contributed by atoms with Gasteiger partial charge < -0.3 is 13.9 Å². The maximum atomic E-state index is 13.8. The summed E-state index contributed by atoms with van der Waals surface area (Å²) in [4.78, 5) is 16.3. The van der Waals surface area contributed by atoms with E-state index in [-0.39, 0.29) is 16.3 Å². The summed E-state index contributed by atoms with van der Waals surface area (Å²) in [5, 5.41) is 3.65. The van der Waals surface area contributed by atoms with Gasteiger partial charge in [0.15, 0.2) is 0 Å². The standard InChI is InChI=1S/C50H40N2O2/c1-49(2,3)33-22-25-38-45(30-33)54-44-28-21-32(29-39(44)48(38)53)31-19-23-35(24-20-31)52-43-18-12-10-16-40(43)50(4,5)41-27-26-37-36-15-9-11-17-42(36)51(46(37)47(41)52)34-13-7-6-8-14-34/h6-30H,1-5H3. The lowest BCUT2D eigenvalue weighted by molar-refractivity contribution is 0.587. The van der Waals surface area contributed by atoms with Crippen molar-refractivity contribution in [2.24, 2.45) is 0 Å². The molecule has 4 nitrogen and oxygen atoms in total. The Morgan fingerprint density at radius 1 is 0.556 bits per heavy atom. The van der Waals surface area contributed by atoms with Gasteiger partial charge >= 0.3 is 0 Å². The van der Waals surface area contributed by atoms with E-state index in [1.54, 1.807) is 0 Å². The maximum absolute atomic E-state index is 13.8. The number of fused-ring (bicyclic) bond motifs is 8. The molecule has 7 aromatic carbocycles. The van der Waals surface area contributed by atoms with Crippen LogP contribution in [0.2, 0.25) is 0 Å². The van der Waals surface area contributed by atoms with Gasteiger partial charge in [-0.25, -0.2) is 0 Å². The van der Waals surface area contributed by atoms with Crippen LogP contribution in [0.5, 0.6) is 0 Å². The van der Waals surface area contributed by atoms with Gasteiger partial charge in [0, 0.05) is 27.6 Å². The van der Waals surface area contributed by atoms with Gasteiger partial charge in [0.25, 0.3) is 0 Å². The highest BCUT2D eigenvalue weighted by Crippen LogP contribution is 2.55. The van der Waals surface area contributed by atoms with Crippen LogP contribution in [0.25, 0.3) is 60.6 Å². The van der Waals surface area contributed by atoms with Gasteiger partial charge in [-0.05, 0) is 93.9 Å². The monoisotopic (exact) mass is 700 g/mol. The van der Waals surface area contributed by atoms with E-state index in [4.69, 9.17) is 4.42 Å². The van der Waals surface area contributed by atoms with Crippen molar-refractivity contribution in [2.75, 3.05) is 4.90 Å². The summed E-state index contributed by atoms with van der Waals surface area (Å²) in [5.74, 6) is 0. The lowest BCUT2D eigenvalue weighted by atomic mass is 9.73. The minimum Gasteiger partial charge on any atom is -0.456 e. The van der Waals surface area contributed by atoms with Crippen LogP contribution in [-0.2, 0) is 10.8 Å². The number of benzene rings is 7. The average molecular weight is 701 g/mol. The molecule has 3 heterocycles. The Bertz CT molecular complexity index is 3010. The minimum atomic E-state index is -0.237. The number of para-hydroxylation sites is 3. The first kappa shape index (κ1) is 32.3. The third-order valence-electron chi connectivity index (χ3n) is 11.5. The number of hydrogen-bond acceptors (Lipinski definition) is 3. The van der Waals surface area contributed by atoms with Crippen LogP contribution in [0.4, 0.5) is 17.1 Å². The zero-order valence-electron chi connectivity index (χ0n) is 31.1. The molecule has 0 saturated carbocycles.